The van der Waals surface area contributed by atoms with Crippen LogP contribution in [0.3, 0.4) is 0 Å². The number of rotatable bonds is 3. The first-order valence-electron chi connectivity index (χ1n) is 10.2. The summed E-state index contributed by atoms with van der Waals surface area (Å²) in [5.41, 5.74) is 1.09. The second-order valence-electron chi connectivity index (χ2n) is 8.21. The minimum absolute atomic E-state index is 0.203. The van der Waals surface area contributed by atoms with Crippen LogP contribution in [0.5, 0.6) is 0 Å². The van der Waals surface area contributed by atoms with Crippen molar-refractivity contribution in [3.8, 4) is 0 Å². The van der Waals surface area contributed by atoms with Gasteiger partial charge in [-0.05, 0) is 24.1 Å². The normalized spacial score (nSPS) is 29.8. The summed E-state index contributed by atoms with van der Waals surface area (Å²) in [6, 6.07) is 14.7. The minimum atomic E-state index is -1.24. The number of benzene rings is 2. The molecule has 5 rings (SSSR count). The van der Waals surface area contributed by atoms with E-state index >= 15 is 0 Å². The van der Waals surface area contributed by atoms with E-state index in [1.54, 1.807) is 11.0 Å². The number of hydrogen-bond donors (Lipinski definition) is 1. The number of amides is 3. The first-order valence-corrected chi connectivity index (χ1v) is 10.5. The minimum Gasteiger partial charge on any atom is -0.306 e. The van der Waals surface area contributed by atoms with Gasteiger partial charge in [0.2, 0.25) is 11.8 Å². The molecule has 0 aliphatic carbocycles. The van der Waals surface area contributed by atoms with Crippen molar-refractivity contribution in [1.29, 1.82) is 0 Å². The van der Waals surface area contributed by atoms with Crippen molar-refractivity contribution in [2.45, 2.75) is 31.5 Å². The number of imide groups is 1. The quantitative estimate of drug-likeness (QED) is 0.770. The van der Waals surface area contributed by atoms with Gasteiger partial charge in [-0.25, -0.2) is 0 Å². The number of carbonyl (C=O) groups excluding carboxylic acids is 3. The van der Waals surface area contributed by atoms with E-state index in [4.69, 9.17) is 11.6 Å². The van der Waals surface area contributed by atoms with Gasteiger partial charge in [-0.3, -0.25) is 24.6 Å². The van der Waals surface area contributed by atoms with Crippen molar-refractivity contribution in [1.82, 2.24) is 10.2 Å². The lowest BCUT2D eigenvalue weighted by Crippen LogP contribution is -2.54. The molecular weight excluding hydrogens is 402 g/mol. The summed E-state index contributed by atoms with van der Waals surface area (Å²) >= 11 is 6.37. The smallest absolute Gasteiger partial charge is 0.253 e. The number of nitrogens with one attached hydrogen (secondary N) is 1. The van der Waals surface area contributed by atoms with E-state index in [0.717, 1.165) is 16.8 Å². The monoisotopic (exact) mass is 423 g/mol. The first-order chi connectivity index (χ1) is 14.4. The predicted octanol–water partition coefficient (Wildman–Crippen LogP) is 2.69. The molecule has 3 heterocycles. The number of para-hydroxylation sites is 1. The Hall–Kier alpha value is -2.70. The van der Waals surface area contributed by atoms with Gasteiger partial charge in [-0.2, -0.15) is 0 Å². The SMILES string of the molecule is CC[C@@H]1N[C@]2(C(=O)N(Cc3ccccc3Cl)c3ccccc32)[C@@H]2C(=O)N(C)C(=O)[C@H]12. The fourth-order valence-electron chi connectivity index (χ4n) is 5.40. The Bertz CT molecular complexity index is 1090. The van der Waals surface area contributed by atoms with E-state index in [1.807, 2.05) is 49.4 Å². The van der Waals surface area contributed by atoms with Crippen LogP contribution in [0.4, 0.5) is 5.69 Å². The van der Waals surface area contributed by atoms with Crippen LogP contribution in [0.2, 0.25) is 5.02 Å². The number of fused-ring (bicyclic) bond motifs is 4. The lowest BCUT2D eigenvalue weighted by Gasteiger charge is -2.30. The fraction of sp³-hybridized carbons (Fsp3) is 0.348. The molecule has 2 aromatic carbocycles. The number of nitrogens with zero attached hydrogens (tertiary/aromatic N) is 2. The largest absolute Gasteiger partial charge is 0.306 e. The molecule has 0 unspecified atom stereocenters. The number of anilines is 1. The lowest BCUT2D eigenvalue weighted by atomic mass is 9.76. The summed E-state index contributed by atoms with van der Waals surface area (Å²) in [6.45, 7) is 2.27. The zero-order valence-corrected chi connectivity index (χ0v) is 17.5. The molecule has 4 atom stereocenters. The van der Waals surface area contributed by atoms with Crippen LogP contribution in [-0.4, -0.2) is 35.7 Å². The molecule has 1 spiro atoms. The van der Waals surface area contributed by atoms with Gasteiger partial charge in [0.05, 0.1) is 18.4 Å². The van der Waals surface area contributed by atoms with Gasteiger partial charge >= 0.3 is 0 Å². The van der Waals surface area contributed by atoms with E-state index in [2.05, 4.69) is 5.32 Å². The molecule has 0 bridgehead atoms. The van der Waals surface area contributed by atoms with E-state index in [-0.39, 0.29) is 23.8 Å². The molecule has 2 saturated heterocycles. The van der Waals surface area contributed by atoms with Gasteiger partial charge in [-0.1, -0.05) is 54.9 Å². The van der Waals surface area contributed by atoms with Crippen LogP contribution in [0.1, 0.15) is 24.5 Å². The van der Waals surface area contributed by atoms with Gasteiger partial charge < -0.3 is 4.90 Å². The van der Waals surface area contributed by atoms with Crippen LogP contribution < -0.4 is 10.2 Å². The zero-order chi connectivity index (χ0) is 21.2. The summed E-state index contributed by atoms with van der Waals surface area (Å²) < 4.78 is 0. The van der Waals surface area contributed by atoms with E-state index in [1.165, 1.54) is 11.9 Å². The van der Waals surface area contributed by atoms with Crippen molar-refractivity contribution in [2.75, 3.05) is 11.9 Å². The number of halogens is 1. The maximum Gasteiger partial charge on any atom is 0.253 e. The van der Waals surface area contributed by atoms with Crippen molar-refractivity contribution < 1.29 is 14.4 Å². The fourth-order valence-corrected chi connectivity index (χ4v) is 5.59. The van der Waals surface area contributed by atoms with Gasteiger partial charge in [0.25, 0.3) is 5.91 Å². The zero-order valence-electron chi connectivity index (χ0n) is 16.8. The molecule has 7 heteroatoms. The molecule has 0 radical (unpaired) electrons. The van der Waals surface area contributed by atoms with Crippen LogP contribution >= 0.6 is 11.6 Å². The Morgan fingerprint density at radius 1 is 1.03 bits per heavy atom. The highest BCUT2D eigenvalue weighted by Gasteiger charge is 2.70. The van der Waals surface area contributed by atoms with Gasteiger partial charge in [0.15, 0.2) is 0 Å². The molecule has 0 saturated carbocycles. The average molecular weight is 424 g/mol. The third-order valence-electron chi connectivity index (χ3n) is 6.81. The van der Waals surface area contributed by atoms with E-state index in [9.17, 15) is 14.4 Å². The van der Waals surface area contributed by atoms with Gasteiger partial charge in [-0.15, -0.1) is 0 Å². The van der Waals surface area contributed by atoms with Crippen LogP contribution in [0, 0.1) is 11.8 Å². The topological polar surface area (TPSA) is 69.7 Å². The van der Waals surface area contributed by atoms with Gasteiger partial charge in [0.1, 0.15) is 5.54 Å². The second kappa shape index (κ2) is 6.65. The summed E-state index contributed by atoms with van der Waals surface area (Å²) in [5, 5.41) is 4.03. The van der Waals surface area contributed by atoms with Crippen LogP contribution in [-0.2, 0) is 26.5 Å². The Balaban J connectivity index is 1.66. The van der Waals surface area contributed by atoms with E-state index in [0.29, 0.717) is 18.0 Å². The molecule has 3 aliphatic rings. The highest BCUT2D eigenvalue weighted by Crippen LogP contribution is 2.55. The maximum atomic E-state index is 14.0. The van der Waals surface area contributed by atoms with E-state index < -0.39 is 17.4 Å². The summed E-state index contributed by atoms with van der Waals surface area (Å²) in [7, 11) is 1.51. The Morgan fingerprint density at radius 2 is 1.73 bits per heavy atom. The van der Waals surface area contributed by atoms with Crippen LogP contribution in [0.15, 0.2) is 48.5 Å². The van der Waals surface area contributed by atoms with Gasteiger partial charge in [0, 0.05) is 29.4 Å². The van der Waals surface area contributed by atoms with Crippen molar-refractivity contribution in [2.24, 2.45) is 11.8 Å². The molecule has 154 valence electrons. The second-order valence-corrected chi connectivity index (χ2v) is 8.61. The Morgan fingerprint density at radius 3 is 2.47 bits per heavy atom. The molecule has 0 aromatic heterocycles. The molecule has 1 N–H and O–H groups in total. The van der Waals surface area contributed by atoms with Crippen molar-refractivity contribution in [3.63, 3.8) is 0 Å². The number of carbonyl (C=O) groups is 3. The highest BCUT2D eigenvalue weighted by atomic mass is 35.5. The summed E-state index contributed by atoms with van der Waals surface area (Å²) in [4.78, 5) is 42.9. The first kappa shape index (κ1) is 19.3. The summed E-state index contributed by atoms with van der Waals surface area (Å²) in [5.74, 6) is -1.99. The molecule has 30 heavy (non-hydrogen) atoms. The lowest BCUT2D eigenvalue weighted by molar-refractivity contribution is -0.141. The highest BCUT2D eigenvalue weighted by molar-refractivity contribution is 6.31. The molecule has 6 nitrogen and oxygen atoms in total. The average Bonchev–Trinajstić information content (AvgIpc) is 3.31. The Kier molecular flexibility index (Phi) is 4.27. The predicted molar refractivity (Wildman–Crippen MR) is 113 cm³/mol. The molecule has 3 aliphatic heterocycles. The summed E-state index contributed by atoms with van der Waals surface area (Å²) in [6.07, 6.45) is 0.649. The van der Waals surface area contributed by atoms with Crippen LogP contribution in [0.25, 0.3) is 0 Å². The van der Waals surface area contributed by atoms with Crippen molar-refractivity contribution in [3.05, 3.63) is 64.7 Å². The third-order valence-corrected chi connectivity index (χ3v) is 7.18. The van der Waals surface area contributed by atoms with Crippen molar-refractivity contribution >= 4 is 35.0 Å². The molecule has 2 aromatic rings. The number of hydrogen-bond acceptors (Lipinski definition) is 4. The third kappa shape index (κ3) is 2.32. The molecule has 3 amide bonds. The standard InChI is InChI=1S/C23H22ClN3O3/c1-3-16-18-19(21(29)26(2)20(18)28)23(25-16)14-9-5-7-11-17(14)27(22(23)30)12-13-8-4-6-10-15(13)24/h4-11,16,18-19,25H,3,12H2,1-2H3/t16-,18+,19-,23-/m0/s1. The maximum absolute atomic E-state index is 14.0. The molecular formula is C23H22ClN3O3. The number of likely N-dealkylation sites (tertiary alicyclic amines) is 1. The molecule has 2 fully saturated rings. The Labute approximate surface area is 179 Å².